The number of ether oxygens (including phenoxy) is 2. The number of oxazole rings is 1. The van der Waals surface area contributed by atoms with Gasteiger partial charge in [-0.2, -0.15) is 0 Å². The van der Waals surface area contributed by atoms with Crippen LogP contribution in [0.4, 0.5) is 0 Å². The monoisotopic (exact) mass is 476 g/mol. The number of benzene rings is 2. The van der Waals surface area contributed by atoms with Gasteiger partial charge in [-0.15, -0.1) is 0 Å². The van der Waals surface area contributed by atoms with Crippen molar-refractivity contribution in [3.8, 4) is 11.5 Å². The summed E-state index contributed by atoms with van der Waals surface area (Å²) in [6, 6.07) is 18.6. The molecule has 0 spiro atoms. The van der Waals surface area contributed by atoms with Crippen LogP contribution in [0.2, 0.25) is 0 Å². The highest BCUT2D eigenvalue weighted by Gasteiger charge is 2.41. The van der Waals surface area contributed by atoms with Gasteiger partial charge in [0.2, 0.25) is 11.7 Å². The second kappa shape index (κ2) is 11.0. The zero-order valence-corrected chi connectivity index (χ0v) is 20.5. The Morgan fingerprint density at radius 1 is 1.06 bits per heavy atom. The maximum atomic E-state index is 12.8. The van der Waals surface area contributed by atoms with Gasteiger partial charge in [-0.3, -0.25) is 9.59 Å². The summed E-state index contributed by atoms with van der Waals surface area (Å²) in [5.41, 5.74) is 2.78. The Morgan fingerprint density at radius 3 is 2.34 bits per heavy atom. The van der Waals surface area contributed by atoms with E-state index in [9.17, 15) is 9.59 Å². The first kappa shape index (κ1) is 24.8. The quantitative estimate of drug-likeness (QED) is 0.496. The highest BCUT2D eigenvalue weighted by molar-refractivity contribution is 5.92. The van der Waals surface area contributed by atoms with Crippen LogP contribution in [0.15, 0.2) is 65.1 Å². The van der Waals surface area contributed by atoms with Gasteiger partial charge in [-0.25, -0.2) is 4.98 Å². The summed E-state index contributed by atoms with van der Waals surface area (Å²) in [5, 5.41) is 2.75. The van der Waals surface area contributed by atoms with Crippen LogP contribution in [0.3, 0.4) is 0 Å². The van der Waals surface area contributed by atoms with E-state index in [1.807, 2.05) is 67.6 Å². The highest BCUT2D eigenvalue weighted by Crippen LogP contribution is 2.27. The van der Waals surface area contributed by atoms with E-state index in [0.29, 0.717) is 19.1 Å². The minimum atomic E-state index is -1.41. The lowest BCUT2D eigenvalue weighted by Gasteiger charge is -2.36. The molecule has 1 fully saturated rings. The number of nitrogens with zero attached hydrogens (tertiary/aromatic N) is 1. The standard InChI is InChI=1S/C28H32N2O5/c1-19(25(31)16-21-10-6-4-7-11-21)29-27(32)28(3)33-17-22(18-34-28)14-15-24-20(2)35-26(30-24)23-12-8-5-9-13-23/h4-13,19,22H,14-18H2,1-3H3,(H,29,32). The zero-order chi connectivity index (χ0) is 24.8. The van der Waals surface area contributed by atoms with Crippen molar-refractivity contribution >= 4 is 11.7 Å². The Balaban J connectivity index is 1.25. The molecule has 184 valence electrons. The molecule has 1 amide bonds. The number of rotatable bonds is 9. The van der Waals surface area contributed by atoms with E-state index in [-0.39, 0.29) is 18.1 Å². The van der Waals surface area contributed by atoms with Gasteiger partial charge in [0.15, 0.2) is 5.78 Å². The van der Waals surface area contributed by atoms with E-state index in [0.717, 1.165) is 35.4 Å². The van der Waals surface area contributed by atoms with Crippen LogP contribution in [0.25, 0.3) is 11.5 Å². The number of aryl methyl sites for hydroxylation is 2. The van der Waals surface area contributed by atoms with Crippen LogP contribution in [-0.2, 0) is 31.9 Å². The molecule has 2 heterocycles. The largest absolute Gasteiger partial charge is 0.441 e. The number of hydrogen-bond donors (Lipinski definition) is 1. The second-order valence-corrected chi connectivity index (χ2v) is 9.18. The molecule has 0 saturated carbocycles. The number of nitrogens with one attached hydrogen (secondary N) is 1. The molecule has 1 aliphatic heterocycles. The molecule has 0 bridgehead atoms. The molecule has 1 atom stereocenters. The number of carbonyl (C=O) groups is 2. The lowest BCUT2D eigenvalue weighted by molar-refractivity contribution is -0.260. The van der Waals surface area contributed by atoms with Crippen molar-refractivity contribution < 1.29 is 23.5 Å². The number of hydrogen-bond acceptors (Lipinski definition) is 6. The molecule has 7 heteroatoms. The van der Waals surface area contributed by atoms with Crippen molar-refractivity contribution in [2.24, 2.45) is 5.92 Å². The highest BCUT2D eigenvalue weighted by atomic mass is 16.7. The molecule has 1 aliphatic rings. The first-order chi connectivity index (χ1) is 16.8. The summed E-state index contributed by atoms with van der Waals surface area (Å²) >= 11 is 0. The van der Waals surface area contributed by atoms with Crippen LogP contribution in [0, 0.1) is 12.8 Å². The predicted molar refractivity (Wildman–Crippen MR) is 132 cm³/mol. The van der Waals surface area contributed by atoms with Gasteiger partial charge < -0.3 is 19.2 Å². The average Bonchev–Trinajstić information content (AvgIpc) is 3.25. The molecule has 3 aromatic rings. The van der Waals surface area contributed by atoms with Crippen LogP contribution in [0.5, 0.6) is 0 Å². The Labute approximate surface area is 205 Å². The maximum Gasteiger partial charge on any atom is 0.280 e. The third-order valence-electron chi connectivity index (χ3n) is 6.36. The molecule has 1 N–H and O–H groups in total. The Morgan fingerprint density at radius 2 is 1.69 bits per heavy atom. The van der Waals surface area contributed by atoms with Crippen molar-refractivity contribution in [2.75, 3.05) is 13.2 Å². The number of Topliss-reactive ketones (excluding diaryl/α,β-unsaturated/α-hetero) is 1. The van der Waals surface area contributed by atoms with Crippen molar-refractivity contribution in [3.63, 3.8) is 0 Å². The van der Waals surface area contributed by atoms with Gasteiger partial charge in [0.05, 0.1) is 24.9 Å². The van der Waals surface area contributed by atoms with Crippen LogP contribution in [-0.4, -0.2) is 41.7 Å². The van der Waals surface area contributed by atoms with Gasteiger partial charge in [0.25, 0.3) is 5.91 Å². The number of ketones is 1. The second-order valence-electron chi connectivity index (χ2n) is 9.18. The molecule has 35 heavy (non-hydrogen) atoms. The summed E-state index contributed by atoms with van der Waals surface area (Å²) < 4.78 is 17.5. The maximum absolute atomic E-state index is 12.8. The average molecular weight is 477 g/mol. The smallest absolute Gasteiger partial charge is 0.280 e. The van der Waals surface area contributed by atoms with Crippen LogP contribution >= 0.6 is 0 Å². The lowest BCUT2D eigenvalue weighted by Crippen LogP contribution is -2.56. The molecular formula is C28H32N2O5. The Kier molecular flexibility index (Phi) is 7.78. The van der Waals surface area contributed by atoms with Crippen molar-refractivity contribution in [2.45, 2.75) is 51.9 Å². The van der Waals surface area contributed by atoms with Crippen LogP contribution in [0.1, 0.15) is 37.3 Å². The molecule has 1 aromatic heterocycles. The van der Waals surface area contributed by atoms with Gasteiger partial charge in [-0.1, -0.05) is 48.5 Å². The third kappa shape index (κ3) is 6.24. The van der Waals surface area contributed by atoms with Gasteiger partial charge in [-0.05, 0) is 51.3 Å². The lowest BCUT2D eigenvalue weighted by atomic mass is 10.0. The third-order valence-corrected chi connectivity index (χ3v) is 6.36. The van der Waals surface area contributed by atoms with Gasteiger partial charge in [0, 0.05) is 17.9 Å². The fraction of sp³-hybridized carbons (Fsp3) is 0.393. The Bertz CT molecular complexity index is 1130. The minimum Gasteiger partial charge on any atom is -0.441 e. The van der Waals surface area contributed by atoms with E-state index in [1.165, 1.54) is 0 Å². The minimum absolute atomic E-state index is 0.0697. The van der Waals surface area contributed by atoms with Gasteiger partial charge >= 0.3 is 0 Å². The van der Waals surface area contributed by atoms with Crippen LogP contribution < -0.4 is 5.32 Å². The predicted octanol–water partition coefficient (Wildman–Crippen LogP) is 4.28. The summed E-state index contributed by atoms with van der Waals surface area (Å²) in [4.78, 5) is 30.0. The molecular weight excluding hydrogens is 444 g/mol. The first-order valence-corrected chi connectivity index (χ1v) is 12.0. The van der Waals surface area contributed by atoms with Crippen molar-refractivity contribution in [1.82, 2.24) is 10.3 Å². The summed E-state index contributed by atoms with van der Waals surface area (Å²) in [6.07, 6.45) is 1.79. The topological polar surface area (TPSA) is 90.7 Å². The molecule has 4 rings (SSSR count). The molecule has 2 aromatic carbocycles. The zero-order valence-electron chi connectivity index (χ0n) is 20.5. The van der Waals surface area contributed by atoms with Gasteiger partial charge in [0.1, 0.15) is 5.76 Å². The molecule has 1 saturated heterocycles. The molecule has 0 aliphatic carbocycles. The van der Waals surface area contributed by atoms with E-state index < -0.39 is 17.7 Å². The molecule has 1 unspecified atom stereocenters. The summed E-state index contributed by atoms with van der Waals surface area (Å²) in [6.45, 7) is 5.98. The SMILES string of the molecule is Cc1oc(-c2ccccc2)nc1CCC1COC(C)(C(=O)NC(C)C(=O)Cc2ccccc2)OC1. The number of aromatic nitrogens is 1. The fourth-order valence-corrected chi connectivity index (χ4v) is 4.00. The molecule has 7 nitrogen and oxygen atoms in total. The van der Waals surface area contributed by atoms with E-state index in [4.69, 9.17) is 13.9 Å². The van der Waals surface area contributed by atoms with E-state index in [1.54, 1.807) is 13.8 Å². The fourth-order valence-electron chi connectivity index (χ4n) is 4.00. The Hall–Kier alpha value is -3.29. The molecule has 0 radical (unpaired) electrons. The summed E-state index contributed by atoms with van der Waals surface area (Å²) in [7, 11) is 0. The summed E-state index contributed by atoms with van der Waals surface area (Å²) in [5.74, 6) is -0.370. The van der Waals surface area contributed by atoms with E-state index >= 15 is 0 Å². The van der Waals surface area contributed by atoms with Crippen molar-refractivity contribution in [3.05, 3.63) is 77.7 Å². The normalized spacial score (nSPS) is 20.8. The van der Waals surface area contributed by atoms with Crippen molar-refractivity contribution in [1.29, 1.82) is 0 Å². The number of carbonyl (C=O) groups excluding carboxylic acids is 2. The number of amides is 1. The first-order valence-electron chi connectivity index (χ1n) is 12.0. The van der Waals surface area contributed by atoms with E-state index in [2.05, 4.69) is 10.3 Å².